The van der Waals surface area contributed by atoms with Crippen LogP contribution in [0.25, 0.3) is 0 Å². The van der Waals surface area contributed by atoms with Crippen LogP contribution in [0, 0.1) is 23.7 Å². The fourth-order valence-electron chi connectivity index (χ4n) is 4.89. The minimum absolute atomic E-state index is 1.01. The van der Waals surface area contributed by atoms with Crippen molar-refractivity contribution in [3.05, 3.63) is 0 Å². The zero-order valence-electron chi connectivity index (χ0n) is 19.0. The van der Waals surface area contributed by atoms with Gasteiger partial charge in [-0.25, -0.2) is 0 Å². The Balaban J connectivity index is 0.000000197. The third kappa shape index (κ3) is 14.1. The Morgan fingerprint density at radius 1 is 0.269 bits per heavy atom. The van der Waals surface area contributed by atoms with Crippen LogP contribution in [-0.4, -0.2) is 0 Å². The van der Waals surface area contributed by atoms with Gasteiger partial charge in [0.2, 0.25) is 0 Å². The number of rotatable bonds is 0. The predicted octanol–water partition coefficient (Wildman–Crippen LogP) is 9.57. The summed E-state index contributed by atoms with van der Waals surface area (Å²) in [7, 11) is 0. The van der Waals surface area contributed by atoms with Crippen molar-refractivity contribution in [3.8, 4) is 0 Å². The topological polar surface area (TPSA) is 0 Å². The molecule has 0 unspecified atom stereocenters. The van der Waals surface area contributed by atoms with Crippen LogP contribution in [0.5, 0.6) is 0 Å². The quantitative estimate of drug-likeness (QED) is 0.375. The van der Waals surface area contributed by atoms with E-state index < -0.39 is 0 Å². The molecule has 0 nitrogen and oxygen atoms in total. The normalized spacial score (nSPS) is 29.5. The van der Waals surface area contributed by atoms with Gasteiger partial charge in [-0.1, -0.05) is 143 Å². The zero-order valence-corrected chi connectivity index (χ0v) is 19.0. The maximum atomic E-state index is 2.40. The van der Waals surface area contributed by atoms with Crippen molar-refractivity contribution in [1.82, 2.24) is 0 Å². The van der Waals surface area contributed by atoms with Gasteiger partial charge in [0.05, 0.1) is 0 Å². The molecule has 0 bridgehead atoms. The molecule has 0 N–H and O–H groups in total. The van der Waals surface area contributed by atoms with E-state index in [1.165, 1.54) is 116 Å². The van der Waals surface area contributed by atoms with E-state index >= 15 is 0 Å². The Morgan fingerprint density at radius 3 is 0.692 bits per heavy atom. The first-order valence-electron chi connectivity index (χ1n) is 12.6. The molecule has 3 saturated carbocycles. The van der Waals surface area contributed by atoms with Crippen molar-refractivity contribution in [2.45, 2.75) is 143 Å². The second kappa shape index (κ2) is 16.0. The summed E-state index contributed by atoms with van der Waals surface area (Å²) < 4.78 is 0. The van der Waals surface area contributed by atoms with Gasteiger partial charge in [0.1, 0.15) is 0 Å². The second-order valence-corrected chi connectivity index (χ2v) is 10.3. The largest absolute Gasteiger partial charge is 0.0625 e. The number of hydrogen-bond acceptors (Lipinski definition) is 0. The van der Waals surface area contributed by atoms with E-state index in [9.17, 15) is 0 Å². The molecule has 0 amide bonds. The molecule has 0 radical (unpaired) electrons. The maximum Gasteiger partial charge on any atom is -0.0443 e. The lowest BCUT2D eigenvalue weighted by molar-refractivity contribution is 0.346. The van der Waals surface area contributed by atoms with Crippen LogP contribution in [0.15, 0.2) is 0 Å². The van der Waals surface area contributed by atoms with Crippen LogP contribution in [0.2, 0.25) is 0 Å². The molecule has 0 aromatic rings. The van der Waals surface area contributed by atoms with E-state index in [0.29, 0.717) is 0 Å². The summed E-state index contributed by atoms with van der Waals surface area (Å²) in [5.41, 5.74) is 0. The van der Waals surface area contributed by atoms with Gasteiger partial charge in [-0.3, -0.25) is 0 Å². The Kier molecular flexibility index (Phi) is 14.8. The molecule has 0 heteroatoms. The first kappa shape index (κ1) is 24.0. The highest BCUT2D eigenvalue weighted by Gasteiger charge is 2.10. The molecule has 3 rings (SSSR count). The summed E-state index contributed by atoms with van der Waals surface area (Å²) >= 11 is 0. The standard InChI is InChI=1S/C10H20.2C8H16/c1-9-5-3-7-10(2)8-4-6-9;2*1-8-6-4-2-3-5-7-8/h9-10H,3-8H2,1-2H3;2*8H,2-7H2,1H3. The Bertz CT molecular complexity index is 240. The molecule has 0 spiro atoms. The molecule has 0 atom stereocenters. The van der Waals surface area contributed by atoms with Crippen molar-refractivity contribution in [1.29, 1.82) is 0 Å². The maximum absolute atomic E-state index is 2.40. The zero-order chi connectivity index (χ0) is 19.0. The molecule has 0 aromatic heterocycles. The van der Waals surface area contributed by atoms with Gasteiger partial charge in [0.25, 0.3) is 0 Å². The summed E-state index contributed by atoms with van der Waals surface area (Å²) in [5.74, 6) is 4.06. The molecular formula is C26H52. The minimum Gasteiger partial charge on any atom is -0.0625 e. The van der Waals surface area contributed by atoms with Crippen molar-refractivity contribution in [2.24, 2.45) is 23.7 Å². The van der Waals surface area contributed by atoms with Crippen molar-refractivity contribution < 1.29 is 0 Å². The predicted molar refractivity (Wildman–Crippen MR) is 120 cm³/mol. The lowest BCUT2D eigenvalue weighted by Crippen LogP contribution is -2.04. The molecule has 0 saturated heterocycles. The van der Waals surface area contributed by atoms with Crippen LogP contribution >= 0.6 is 0 Å². The molecule has 0 aromatic carbocycles. The van der Waals surface area contributed by atoms with Crippen LogP contribution in [0.4, 0.5) is 0 Å². The minimum atomic E-state index is 1.01. The smallest absolute Gasteiger partial charge is 0.0443 e. The molecule has 3 fully saturated rings. The number of hydrogen-bond donors (Lipinski definition) is 0. The Labute approximate surface area is 167 Å². The molecular weight excluding hydrogens is 312 g/mol. The van der Waals surface area contributed by atoms with Gasteiger partial charge in [-0.05, 0) is 23.7 Å². The summed E-state index contributed by atoms with van der Waals surface area (Å²) in [5, 5.41) is 0. The average Bonchev–Trinajstić information content (AvgIpc) is 2.98. The van der Waals surface area contributed by atoms with Crippen LogP contribution in [-0.2, 0) is 0 Å². The molecule has 0 heterocycles. The van der Waals surface area contributed by atoms with Gasteiger partial charge in [0.15, 0.2) is 0 Å². The summed E-state index contributed by atoms with van der Waals surface area (Å²) in [4.78, 5) is 0. The highest BCUT2D eigenvalue weighted by Crippen LogP contribution is 2.25. The molecule has 3 aliphatic carbocycles. The van der Waals surface area contributed by atoms with Gasteiger partial charge in [-0.15, -0.1) is 0 Å². The molecule has 3 aliphatic rings. The van der Waals surface area contributed by atoms with Gasteiger partial charge in [-0.2, -0.15) is 0 Å². The molecule has 0 aliphatic heterocycles. The average molecular weight is 365 g/mol. The van der Waals surface area contributed by atoms with E-state index in [1.54, 1.807) is 0 Å². The van der Waals surface area contributed by atoms with Crippen LogP contribution in [0.1, 0.15) is 143 Å². The SMILES string of the molecule is CC1CCCC(C)CCC1.CC1CCCCCC1.CC1CCCCCC1. The van der Waals surface area contributed by atoms with Gasteiger partial charge in [0, 0.05) is 0 Å². The highest BCUT2D eigenvalue weighted by molar-refractivity contribution is 4.63. The van der Waals surface area contributed by atoms with E-state index in [4.69, 9.17) is 0 Å². The van der Waals surface area contributed by atoms with E-state index in [0.717, 1.165) is 23.7 Å². The highest BCUT2D eigenvalue weighted by atomic mass is 14.2. The molecule has 26 heavy (non-hydrogen) atoms. The lowest BCUT2D eigenvalue weighted by atomic mass is 9.88. The van der Waals surface area contributed by atoms with Gasteiger partial charge >= 0.3 is 0 Å². The third-order valence-corrected chi connectivity index (χ3v) is 7.08. The lowest BCUT2D eigenvalue weighted by Gasteiger charge is -2.18. The van der Waals surface area contributed by atoms with E-state index in [1.807, 2.05) is 0 Å². The monoisotopic (exact) mass is 364 g/mol. The van der Waals surface area contributed by atoms with Crippen molar-refractivity contribution in [2.75, 3.05) is 0 Å². The summed E-state index contributed by atoms with van der Waals surface area (Å²) in [6.07, 6.45) is 26.7. The third-order valence-electron chi connectivity index (χ3n) is 7.08. The van der Waals surface area contributed by atoms with E-state index in [2.05, 4.69) is 27.7 Å². The van der Waals surface area contributed by atoms with Gasteiger partial charge < -0.3 is 0 Å². The summed E-state index contributed by atoms with van der Waals surface area (Å²) in [6.45, 7) is 9.56. The van der Waals surface area contributed by atoms with Crippen LogP contribution < -0.4 is 0 Å². The van der Waals surface area contributed by atoms with E-state index in [-0.39, 0.29) is 0 Å². The first-order valence-corrected chi connectivity index (χ1v) is 12.6. The molecule has 156 valence electrons. The summed E-state index contributed by atoms with van der Waals surface area (Å²) in [6, 6.07) is 0. The second-order valence-electron chi connectivity index (χ2n) is 10.3. The Morgan fingerprint density at radius 2 is 0.462 bits per heavy atom. The van der Waals surface area contributed by atoms with Crippen molar-refractivity contribution in [3.63, 3.8) is 0 Å². The van der Waals surface area contributed by atoms with Crippen LogP contribution in [0.3, 0.4) is 0 Å². The Hall–Kier alpha value is 0. The first-order chi connectivity index (χ1) is 12.6. The van der Waals surface area contributed by atoms with Crippen molar-refractivity contribution >= 4 is 0 Å². The fraction of sp³-hybridized carbons (Fsp3) is 1.00. The fourth-order valence-corrected chi connectivity index (χ4v) is 4.89.